The zero-order valence-electron chi connectivity index (χ0n) is 24.3. The molecule has 2 aromatic rings. The van der Waals surface area contributed by atoms with Crippen LogP contribution in [0.4, 0.5) is 5.69 Å². The van der Waals surface area contributed by atoms with Crippen LogP contribution in [0, 0.1) is 11.8 Å². The Morgan fingerprint density at radius 2 is 1.78 bits per heavy atom. The first-order valence-electron chi connectivity index (χ1n) is 15.0. The summed E-state index contributed by atoms with van der Waals surface area (Å²) in [7, 11) is 0. The molecule has 6 rings (SSSR count). The number of nitrogens with one attached hydrogen (secondary N) is 1. The molecule has 4 aliphatic rings. The normalized spacial score (nSPS) is 31.0. The van der Waals surface area contributed by atoms with E-state index in [1.807, 2.05) is 30.3 Å². The number of amides is 3. The van der Waals surface area contributed by atoms with E-state index in [1.165, 1.54) is 4.90 Å². The van der Waals surface area contributed by atoms with Crippen LogP contribution in [-0.2, 0) is 28.7 Å². The third kappa shape index (κ3) is 5.82. The van der Waals surface area contributed by atoms with Crippen LogP contribution in [0.5, 0.6) is 0 Å². The first-order chi connectivity index (χ1) is 21.7. The zero-order chi connectivity index (χ0) is 31.7. The van der Waals surface area contributed by atoms with Gasteiger partial charge in [0.05, 0.1) is 17.9 Å². The molecule has 4 heterocycles. The number of fused-ring (bicyclic) bond motifs is 2. The summed E-state index contributed by atoms with van der Waals surface area (Å²) >= 11 is 9.73. The number of rotatable bonds is 5. The number of aliphatic hydroxyl groups is 1. The first-order valence-corrected chi connectivity index (χ1v) is 16.1. The molecule has 12 heteroatoms. The van der Waals surface area contributed by atoms with Crippen LogP contribution in [0.2, 0.25) is 5.02 Å². The van der Waals surface area contributed by atoms with Gasteiger partial charge in [-0.2, -0.15) is 0 Å². The van der Waals surface area contributed by atoms with E-state index in [9.17, 15) is 24.3 Å². The van der Waals surface area contributed by atoms with Gasteiger partial charge in [-0.05, 0) is 48.7 Å². The third-order valence-electron chi connectivity index (χ3n) is 8.82. The Balaban J connectivity index is 1.44. The van der Waals surface area contributed by atoms with Gasteiger partial charge in [-0.15, -0.1) is 0 Å². The summed E-state index contributed by atoms with van der Waals surface area (Å²) in [5.74, 6) is -3.63. The molecule has 2 aromatic carbocycles. The molecule has 0 saturated carbocycles. The second-order valence-corrected chi connectivity index (χ2v) is 12.9. The molecular formula is C33H33BrClN3O7. The maximum absolute atomic E-state index is 14.7. The summed E-state index contributed by atoms with van der Waals surface area (Å²) in [4.78, 5) is 58.8. The van der Waals surface area contributed by atoms with Crippen molar-refractivity contribution < 1.29 is 33.8 Å². The van der Waals surface area contributed by atoms with Crippen LogP contribution < -0.4 is 10.2 Å². The lowest BCUT2D eigenvalue weighted by Gasteiger charge is -2.35. The fourth-order valence-electron chi connectivity index (χ4n) is 6.79. The van der Waals surface area contributed by atoms with Gasteiger partial charge in [-0.25, -0.2) is 0 Å². The number of carbonyl (C=O) groups excluding carboxylic acids is 4. The van der Waals surface area contributed by atoms with Crippen LogP contribution in [0.15, 0.2) is 77.3 Å². The first kappa shape index (κ1) is 31.5. The lowest BCUT2D eigenvalue weighted by Crippen LogP contribution is -2.56. The van der Waals surface area contributed by atoms with Gasteiger partial charge < -0.3 is 29.7 Å². The highest BCUT2D eigenvalue weighted by atomic mass is 79.9. The number of cyclic esters (lactones) is 1. The predicted molar refractivity (Wildman–Crippen MR) is 169 cm³/mol. The van der Waals surface area contributed by atoms with Crippen molar-refractivity contribution >= 4 is 56.9 Å². The van der Waals surface area contributed by atoms with Crippen LogP contribution in [-0.4, -0.2) is 77.7 Å². The summed E-state index contributed by atoms with van der Waals surface area (Å²) in [5.41, 5.74) is -0.137. The average molecular weight is 699 g/mol. The van der Waals surface area contributed by atoms with Crippen molar-refractivity contribution in [2.45, 2.75) is 43.1 Å². The van der Waals surface area contributed by atoms with E-state index in [-0.39, 0.29) is 39.1 Å². The van der Waals surface area contributed by atoms with Crippen molar-refractivity contribution in [2.24, 2.45) is 11.8 Å². The topological polar surface area (TPSA) is 125 Å². The molecule has 3 amide bonds. The minimum atomic E-state index is -1.42. The molecule has 2 N–H and O–H groups in total. The Morgan fingerprint density at radius 1 is 1.02 bits per heavy atom. The molecule has 2 saturated heterocycles. The van der Waals surface area contributed by atoms with E-state index in [0.717, 1.165) is 5.56 Å². The Morgan fingerprint density at radius 3 is 2.51 bits per heavy atom. The number of halogens is 2. The van der Waals surface area contributed by atoms with Crippen molar-refractivity contribution in [3.8, 4) is 0 Å². The molecule has 45 heavy (non-hydrogen) atoms. The molecular weight excluding hydrogens is 666 g/mol. The van der Waals surface area contributed by atoms with Gasteiger partial charge in [0.2, 0.25) is 11.8 Å². The maximum atomic E-state index is 14.7. The quantitative estimate of drug-likeness (QED) is 0.361. The van der Waals surface area contributed by atoms with E-state index in [0.29, 0.717) is 21.6 Å². The molecule has 2 fully saturated rings. The summed E-state index contributed by atoms with van der Waals surface area (Å²) < 4.78 is 12.7. The van der Waals surface area contributed by atoms with Crippen molar-refractivity contribution in [3.63, 3.8) is 0 Å². The van der Waals surface area contributed by atoms with Crippen molar-refractivity contribution in [3.05, 3.63) is 87.9 Å². The Bertz CT molecular complexity index is 1530. The number of aliphatic hydroxyl groups excluding tert-OH is 1. The summed E-state index contributed by atoms with van der Waals surface area (Å²) in [6.45, 7) is -0.0322. The number of nitrogens with zero attached hydrogens (tertiary/aromatic N) is 2. The van der Waals surface area contributed by atoms with Gasteiger partial charge in [0.15, 0.2) is 0 Å². The second kappa shape index (κ2) is 13.1. The van der Waals surface area contributed by atoms with E-state index in [4.69, 9.17) is 21.1 Å². The zero-order valence-corrected chi connectivity index (χ0v) is 26.7. The largest absolute Gasteiger partial charge is 0.463 e. The number of carbonyl (C=O) groups is 4. The molecule has 6 atom stereocenters. The number of hydrogen-bond acceptors (Lipinski definition) is 7. The minimum Gasteiger partial charge on any atom is -0.463 e. The maximum Gasteiger partial charge on any atom is 0.306 e. The Labute approximate surface area is 274 Å². The molecule has 0 unspecified atom stereocenters. The van der Waals surface area contributed by atoms with E-state index >= 15 is 0 Å². The molecule has 236 valence electrons. The molecule has 0 radical (unpaired) electrons. The number of hydrogen-bond donors (Lipinski definition) is 2. The van der Waals surface area contributed by atoms with Crippen molar-refractivity contribution in [2.75, 3.05) is 31.2 Å². The SMILES string of the molecule is O=C1CC/C=C\CN(c2ccc(Cl)cc2)C(=O)[C@@H]2N(CCCO)C(=O)[C@H]3[C@H](C(=O)N[C@H](c4ccccc4)CO1)[C@H]1O[C@@]23C=C1Br. The molecule has 10 nitrogen and oxygen atoms in total. The smallest absolute Gasteiger partial charge is 0.306 e. The van der Waals surface area contributed by atoms with Gasteiger partial charge >= 0.3 is 5.97 Å². The van der Waals surface area contributed by atoms with Gasteiger partial charge in [-0.3, -0.25) is 19.2 Å². The standard InChI is InChI=1S/C33H33BrClN3O7/c34-23-18-33-27-26(28(23)45-33)30(41)36-24(20-8-3-1-4-9-20)19-44-25(40)10-5-2-6-15-37(22-13-11-21(35)12-14-22)32(43)29(33)38(31(27)42)16-7-17-39/h1-4,6,8-9,11-14,18,24,26-29,39H,5,7,10,15-17,19H2,(H,36,41)/b6-2-/t24-,26-,27+,28-,29-,33+/m0/s1. The molecule has 0 aliphatic carbocycles. The van der Waals surface area contributed by atoms with Crippen LogP contribution >= 0.6 is 27.5 Å². The number of esters is 1. The number of likely N-dealkylation sites (tertiary alicyclic amines) is 1. The lowest BCUT2D eigenvalue weighted by molar-refractivity contribution is -0.145. The molecule has 4 aliphatic heterocycles. The van der Waals surface area contributed by atoms with Crippen LogP contribution in [0.25, 0.3) is 0 Å². The van der Waals surface area contributed by atoms with Gasteiger partial charge in [0, 0.05) is 41.3 Å². The summed E-state index contributed by atoms with van der Waals surface area (Å²) in [6, 6.07) is 14.2. The fourth-order valence-corrected chi connectivity index (χ4v) is 7.65. The summed E-state index contributed by atoms with van der Waals surface area (Å²) in [5, 5.41) is 13.2. The van der Waals surface area contributed by atoms with Gasteiger partial charge in [0.1, 0.15) is 24.4 Å². The van der Waals surface area contributed by atoms with E-state index in [1.54, 1.807) is 47.4 Å². The molecule has 5 bridgehead atoms. The highest BCUT2D eigenvalue weighted by Gasteiger charge is 2.74. The van der Waals surface area contributed by atoms with E-state index in [2.05, 4.69) is 21.2 Å². The minimum absolute atomic E-state index is 0.0919. The number of allylic oxidation sites excluding steroid dienone is 1. The Kier molecular flexibility index (Phi) is 9.15. The number of benzene rings is 2. The molecule has 1 spiro atoms. The molecule has 0 aromatic heterocycles. The highest BCUT2D eigenvalue weighted by molar-refractivity contribution is 9.11. The number of anilines is 1. The third-order valence-corrected chi connectivity index (χ3v) is 9.76. The monoisotopic (exact) mass is 697 g/mol. The predicted octanol–water partition coefficient (Wildman–Crippen LogP) is 3.68. The number of ether oxygens (including phenoxy) is 2. The Hall–Kier alpha value is -3.51. The van der Waals surface area contributed by atoms with Crippen molar-refractivity contribution in [1.29, 1.82) is 0 Å². The van der Waals surface area contributed by atoms with Crippen LogP contribution in [0.3, 0.4) is 0 Å². The lowest BCUT2D eigenvalue weighted by atomic mass is 9.74. The van der Waals surface area contributed by atoms with Gasteiger partial charge in [-0.1, -0.05) is 70.0 Å². The van der Waals surface area contributed by atoms with E-state index < -0.39 is 59.3 Å². The summed E-state index contributed by atoms with van der Waals surface area (Å²) in [6.07, 6.45) is 5.30. The highest BCUT2D eigenvalue weighted by Crippen LogP contribution is 2.58. The van der Waals surface area contributed by atoms with Crippen molar-refractivity contribution in [1.82, 2.24) is 10.2 Å². The average Bonchev–Trinajstić information content (AvgIpc) is 3.63. The van der Waals surface area contributed by atoms with Gasteiger partial charge in [0.25, 0.3) is 5.91 Å². The fraction of sp³-hybridized carbons (Fsp3) is 0.394. The van der Waals surface area contributed by atoms with Crippen LogP contribution in [0.1, 0.15) is 30.9 Å². The second-order valence-electron chi connectivity index (χ2n) is 11.5.